The van der Waals surface area contributed by atoms with Crippen LogP contribution in [0.25, 0.3) is 0 Å². The first-order chi connectivity index (χ1) is 5.77. The maximum Gasteiger partial charge on any atom is 0.0314 e. The number of hydrogen-bond acceptors (Lipinski definition) is 1. The highest BCUT2D eigenvalue weighted by atomic mass is 14.9. The Kier molecular flexibility index (Phi) is 3.30. The summed E-state index contributed by atoms with van der Waals surface area (Å²) in [6, 6.07) is 9.22. The van der Waals surface area contributed by atoms with Gasteiger partial charge in [-0.25, -0.2) is 0 Å². The maximum atomic E-state index is 3.29. The summed E-state index contributed by atoms with van der Waals surface area (Å²) in [4.78, 5) is 0. The molecule has 0 aliphatic heterocycles. The predicted octanol–water partition coefficient (Wildman–Crippen LogP) is 2.67. The van der Waals surface area contributed by atoms with E-state index in [2.05, 4.69) is 43.4 Å². The van der Waals surface area contributed by atoms with Gasteiger partial charge in [0, 0.05) is 6.04 Å². The molecule has 1 rings (SSSR count). The minimum absolute atomic E-state index is 0.505. The third-order valence-corrected chi connectivity index (χ3v) is 2.24. The van der Waals surface area contributed by atoms with Crippen molar-refractivity contribution in [2.24, 2.45) is 0 Å². The van der Waals surface area contributed by atoms with Gasteiger partial charge in [0.15, 0.2) is 0 Å². The van der Waals surface area contributed by atoms with Gasteiger partial charge >= 0.3 is 0 Å². The molecule has 66 valence electrons. The number of hydrogen-bond donors (Lipinski definition) is 1. The van der Waals surface area contributed by atoms with E-state index in [1.165, 1.54) is 11.1 Å². The molecule has 1 aromatic rings. The van der Waals surface area contributed by atoms with Crippen LogP contribution in [-0.2, 0) is 0 Å². The molecule has 1 atom stereocenters. The van der Waals surface area contributed by atoms with Crippen LogP contribution in [-0.4, -0.2) is 7.05 Å². The summed E-state index contributed by atoms with van der Waals surface area (Å²) in [5.74, 6) is 0. The van der Waals surface area contributed by atoms with E-state index in [0.717, 1.165) is 6.42 Å². The zero-order valence-corrected chi connectivity index (χ0v) is 8.09. The van der Waals surface area contributed by atoms with Crippen LogP contribution in [0, 0.1) is 6.92 Å². The number of nitrogens with one attached hydrogen (secondary N) is 1. The topological polar surface area (TPSA) is 12.0 Å². The zero-order chi connectivity index (χ0) is 8.97. The quantitative estimate of drug-likeness (QED) is 0.722. The van der Waals surface area contributed by atoms with Gasteiger partial charge in [-0.2, -0.15) is 0 Å². The van der Waals surface area contributed by atoms with Crippen molar-refractivity contribution in [1.29, 1.82) is 0 Å². The molecule has 0 saturated carbocycles. The molecule has 1 aromatic carbocycles. The second-order valence-corrected chi connectivity index (χ2v) is 3.16. The van der Waals surface area contributed by atoms with E-state index in [9.17, 15) is 0 Å². The highest BCUT2D eigenvalue weighted by Gasteiger charge is 2.04. The molecule has 0 aliphatic carbocycles. The summed E-state index contributed by atoms with van der Waals surface area (Å²) in [5, 5.41) is 3.29. The van der Waals surface area contributed by atoms with Crippen molar-refractivity contribution in [2.45, 2.75) is 26.3 Å². The fourth-order valence-electron chi connectivity index (χ4n) is 1.41. The van der Waals surface area contributed by atoms with Gasteiger partial charge in [0.25, 0.3) is 0 Å². The van der Waals surface area contributed by atoms with E-state index in [0.29, 0.717) is 6.04 Å². The lowest BCUT2D eigenvalue weighted by Crippen LogP contribution is -2.14. The lowest BCUT2D eigenvalue weighted by atomic mass is 10.0. The van der Waals surface area contributed by atoms with Crippen molar-refractivity contribution in [3.63, 3.8) is 0 Å². The largest absolute Gasteiger partial charge is 0.313 e. The summed E-state index contributed by atoms with van der Waals surface area (Å²) in [6.07, 6.45) is 1.14. The molecular formula is C11H17N. The van der Waals surface area contributed by atoms with Crippen LogP contribution >= 0.6 is 0 Å². The van der Waals surface area contributed by atoms with Gasteiger partial charge in [0.1, 0.15) is 0 Å². The van der Waals surface area contributed by atoms with E-state index < -0.39 is 0 Å². The Hall–Kier alpha value is -0.820. The van der Waals surface area contributed by atoms with Crippen LogP contribution in [0.5, 0.6) is 0 Å². The summed E-state index contributed by atoms with van der Waals surface area (Å²) in [6.45, 7) is 4.31. The molecule has 0 saturated heterocycles. The first kappa shape index (κ1) is 9.27. The third kappa shape index (κ3) is 2.08. The van der Waals surface area contributed by atoms with Crippen molar-refractivity contribution in [2.75, 3.05) is 7.05 Å². The number of rotatable bonds is 3. The lowest BCUT2D eigenvalue weighted by Gasteiger charge is -2.13. The van der Waals surface area contributed by atoms with Gasteiger partial charge in [-0.3, -0.25) is 0 Å². The van der Waals surface area contributed by atoms with E-state index in [1.807, 2.05) is 7.05 Å². The zero-order valence-electron chi connectivity index (χ0n) is 8.09. The van der Waals surface area contributed by atoms with Crippen LogP contribution in [0.1, 0.15) is 30.5 Å². The molecule has 1 heteroatoms. The Morgan fingerprint density at radius 3 is 2.25 bits per heavy atom. The van der Waals surface area contributed by atoms with Crippen LogP contribution in [0.3, 0.4) is 0 Å². The number of aryl methyl sites for hydroxylation is 1. The average Bonchev–Trinajstić information content (AvgIpc) is 2.10. The monoisotopic (exact) mass is 163 g/mol. The number of benzene rings is 1. The molecule has 0 amide bonds. The maximum absolute atomic E-state index is 3.29. The Balaban J connectivity index is 2.80. The molecule has 0 aliphatic rings. The molecule has 1 unspecified atom stereocenters. The standard InChI is InChI=1S/C11H17N/c1-4-11(12-3)10-7-5-9(2)6-8-10/h5-8,11-12H,4H2,1-3H3. The van der Waals surface area contributed by atoms with Gasteiger partial charge in [0.2, 0.25) is 0 Å². The van der Waals surface area contributed by atoms with Gasteiger partial charge in [-0.15, -0.1) is 0 Å². The van der Waals surface area contributed by atoms with Crippen molar-refractivity contribution >= 4 is 0 Å². The van der Waals surface area contributed by atoms with Crippen LogP contribution < -0.4 is 5.32 Å². The first-order valence-corrected chi connectivity index (χ1v) is 4.51. The summed E-state index contributed by atoms with van der Waals surface area (Å²) in [7, 11) is 2.01. The highest BCUT2D eigenvalue weighted by molar-refractivity contribution is 5.23. The highest BCUT2D eigenvalue weighted by Crippen LogP contribution is 2.15. The molecule has 0 spiro atoms. The van der Waals surface area contributed by atoms with Gasteiger partial charge in [0.05, 0.1) is 0 Å². The first-order valence-electron chi connectivity index (χ1n) is 4.51. The van der Waals surface area contributed by atoms with Crippen molar-refractivity contribution in [3.8, 4) is 0 Å². The summed E-state index contributed by atoms with van der Waals surface area (Å²) in [5.41, 5.74) is 2.70. The Labute approximate surface area is 74.8 Å². The minimum atomic E-state index is 0.505. The Morgan fingerprint density at radius 2 is 1.83 bits per heavy atom. The second kappa shape index (κ2) is 4.27. The van der Waals surface area contributed by atoms with Crippen LogP contribution in [0.2, 0.25) is 0 Å². The molecule has 1 nitrogen and oxygen atoms in total. The molecular weight excluding hydrogens is 146 g/mol. The molecule has 0 aromatic heterocycles. The molecule has 12 heavy (non-hydrogen) atoms. The molecule has 1 N–H and O–H groups in total. The molecule has 0 radical (unpaired) electrons. The van der Waals surface area contributed by atoms with E-state index in [-0.39, 0.29) is 0 Å². The second-order valence-electron chi connectivity index (χ2n) is 3.16. The fourth-order valence-corrected chi connectivity index (χ4v) is 1.41. The Morgan fingerprint density at radius 1 is 1.25 bits per heavy atom. The van der Waals surface area contributed by atoms with Gasteiger partial charge in [-0.05, 0) is 26.0 Å². The normalized spacial score (nSPS) is 12.9. The van der Waals surface area contributed by atoms with E-state index >= 15 is 0 Å². The fraction of sp³-hybridized carbons (Fsp3) is 0.455. The van der Waals surface area contributed by atoms with Crippen molar-refractivity contribution in [3.05, 3.63) is 35.4 Å². The average molecular weight is 163 g/mol. The Bertz CT molecular complexity index is 221. The van der Waals surface area contributed by atoms with Gasteiger partial charge in [-0.1, -0.05) is 36.8 Å². The summed E-state index contributed by atoms with van der Waals surface area (Å²) >= 11 is 0. The van der Waals surface area contributed by atoms with Gasteiger partial charge < -0.3 is 5.32 Å². The smallest absolute Gasteiger partial charge is 0.0314 e. The van der Waals surface area contributed by atoms with E-state index in [1.54, 1.807) is 0 Å². The van der Waals surface area contributed by atoms with Crippen molar-refractivity contribution in [1.82, 2.24) is 5.32 Å². The molecule has 0 heterocycles. The summed E-state index contributed by atoms with van der Waals surface area (Å²) < 4.78 is 0. The third-order valence-electron chi connectivity index (χ3n) is 2.24. The molecule has 0 bridgehead atoms. The van der Waals surface area contributed by atoms with Crippen LogP contribution in [0.15, 0.2) is 24.3 Å². The molecule has 0 fully saturated rings. The van der Waals surface area contributed by atoms with E-state index in [4.69, 9.17) is 0 Å². The minimum Gasteiger partial charge on any atom is -0.313 e. The van der Waals surface area contributed by atoms with Crippen LogP contribution in [0.4, 0.5) is 0 Å². The predicted molar refractivity (Wildman–Crippen MR) is 53.3 cm³/mol. The SMILES string of the molecule is CCC(NC)c1ccc(C)cc1. The lowest BCUT2D eigenvalue weighted by molar-refractivity contribution is 0.577. The van der Waals surface area contributed by atoms with Crippen molar-refractivity contribution < 1.29 is 0 Å².